The third kappa shape index (κ3) is 2.34. The molecular weight excluding hydrogens is 226 g/mol. The molecule has 1 aromatic heterocycles. The second-order valence-corrected chi connectivity index (χ2v) is 3.88. The summed E-state index contributed by atoms with van der Waals surface area (Å²) in [5, 5.41) is 8.67. The van der Waals surface area contributed by atoms with E-state index in [1.54, 1.807) is 4.90 Å². The Morgan fingerprint density at radius 2 is 2.24 bits per heavy atom. The molecule has 1 amide bonds. The van der Waals surface area contributed by atoms with Crippen molar-refractivity contribution in [1.29, 1.82) is 0 Å². The first kappa shape index (κ1) is 11.3. The molecule has 7 nitrogen and oxygen atoms in total. The summed E-state index contributed by atoms with van der Waals surface area (Å²) in [7, 11) is 0. The van der Waals surface area contributed by atoms with Gasteiger partial charge in [0.2, 0.25) is 5.91 Å². The summed E-state index contributed by atoms with van der Waals surface area (Å²) in [5.41, 5.74) is 4.90. The monoisotopic (exact) mass is 237 g/mol. The molecule has 1 saturated heterocycles. The van der Waals surface area contributed by atoms with Gasteiger partial charge in [-0.1, -0.05) is 0 Å². The molecule has 1 fully saturated rings. The molecular formula is C10H11N3O4. The predicted molar refractivity (Wildman–Crippen MR) is 57.4 cm³/mol. The number of hydrogen-bond donors (Lipinski definition) is 3. The Morgan fingerprint density at radius 1 is 1.53 bits per heavy atom. The van der Waals surface area contributed by atoms with Crippen LogP contribution in [0, 0.1) is 0 Å². The molecule has 0 spiro atoms. The minimum atomic E-state index is -1.18. The maximum absolute atomic E-state index is 11.5. The lowest BCUT2D eigenvalue weighted by Gasteiger charge is -2.02. The summed E-state index contributed by atoms with van der Waals surface area (Å²) >= 11 is 0. The Labute approximate surface area is 95.8 Å². The van der Waals surface area contributed by atoms with E-state index in [0.717, 1.165) is 0 Å². The molecule has 2 unspecified atom stereocenters. The Morgan fingerprint density at radius 3 is 2.71 bits per heavy atom. The topological polar surface area (TPSA) is 116 Å². The minimum absolute atomic E-state index is 0.156. The summed E-state index contributed by atoms with van der Waals surface area (Å²) in [5.74, 6) is -1.60. The first-order valence-corrected chi connectivity index (χ1v) is 4.98. The fraction of sp³-hybridized carbons (Fsp3) is 0.300. The van der Waals surface area contributed by atoms with Crippen molar-refractivity contribution in [1.82, 2.24) is 9.88 Å². The highest BCUT2D eigenvalue weighted by Gasteiger charge is 2.38. The van der Waals surface area contributed by atoms with E-state index in [-0.39, 0.29) is 11.7 Å². The number of aromatic amines is 1. The zero-order valence-electron chi connectivity index (χ0n) is 8.84. The van der Waals surface area contributed by atoms with Gasteiger partial charge in [0.15, 0.2) is 0 Å². The molecule has 1 aliphatic rings. The molecule has 4 N–H and O–H groups in total. The van der Waals surface area contributed by atoms with Crippen LogP contribution in [0.15, 0.2) is 16.9 Å². The number of amides is 1. The quantitative estimate of drug-likeness (QED) is 0.565. The van der Waals surface area contributed by atoms with Crippen LogP contribution in [0.2, 0.25) is 0 Å². The molecule has 1 aliphatic heterocycles. The number of pyridine rings is 1. The van der Waals surface area contributed by atoms with Gasteiger partial charge in [-0.15, -0.1) is 0 Å². The van der Waals surface area contributed by atoms with E-state index in [4.69, 9.17) is 10.8 Å². The van der Waals surface area contributed by atoms with Crippen molar-refractivity contribution in [3.8, 4) is 0 Å². The summed E-state index contributed by atoms with van der Waals surface area (Å²) < 4.78 is 0. The number of carboxylic acids is 1. The van der Waals surface area contributed by atoms with Crippen molar-refractivity contribution >= 4 is 11.9 Å². The predicted octanol–water partition coefficient (Wildman–Crippen LogP) is -1.26. The first-order valence-electron chi connectivity index (χ1n) is 4.98. The van der Waals surface area contributed by atoms with E-state index >= 15 is 0 Å². The molecule has 2 heterocycles. The molecule has 0 saturated carbocycles. The Hall–Kier alpha value is -2.15. The first-order chi connectivity index (χ1) is 7.99. The Kier molecular flexibility index (Phi) is 2.68. The van der Waals surface area contributed by atoms with Crippen molar-refractivity contribution in [2.75, 3.05) is 6.54 Å². The van der Waals surface area contributed by atoms with Crippen molar-refractivity contribution in [3.63, 3.8) is 0 Å². The van der Waals surface area contributed by atoms with E-state index in [1.807, 2.05) is 0 Å². The highest BCUT2D eigenvalue weighted by atomic mass is 16.4. The van der Waals surface area contributed by atoms with Crippen LogP contribution in [-0.4, -0.2) is 39.5 Å². The summed E-state index contributed by atoms with van der Waals surface area (Å²) in [6.07, 6.45) is 0. The van der Waals surface area contributed by atoms with Crippen LogP contribution in [0.25, 0.3) is 0 Å². The summed E-state index contributed by atoms with van der Waals surface area (Å²) in [6.45, 7) is 0.832. The second-order valence-electron chi connectivity index (χ2n) is 3.88. The lowest BCUT2D eigenvalue weighted by molar-refractivity contribution is -0.118. The zero-order valence-corrected chi connectivity index (χ0v) is 8.84. The standard InChI is InChI=1S/C10H11N3O4/c11-8(14)7-4-13(7)3-5-1-2-6(10(16)17)12-9(5)15/h1-2,7H,3-4H2,(H2,11,14)(H,12,15)(H,16,17). The van der Waals surface area contributed by atoms with Crippen molar-refractivity contribution in [2.45, 2.75) is 12.6 Å². The number of H-pyrrole nitrogens is 1. The van der Waals surface area contributed by atoms with Gasteiger partial charge in [0.25, 0.3) is 5.56 Å². The van der Waals surface area contributed by atoms with Crippen LogP contribution in [-0.2, 0) is 11.3 Å². The van der Waals surface area contributed by atoms with E-state index in [0.29, 0.717) is 18.7 Å². The van der Waals surface area contributed by atoms with E-state index in [2.05, 4.69) is 4.98 Å². The van der Waals surface area contributed by atoms with Crippen LogP contribution in [0.1, 0.15) is 16.1 Å². The number of rotatable bonds is 4. The molecule has 2 atom stereocenters. The van der Waals surface area contributed by atoms with E-state index < -0.39 is 17.4 Å². The number of nitrogens with one attached hydrogen (secondary N) is 1. The number of primary amides is 1. The summed E-state index contributed by atoms with van der Waals surface area (Å²) in [4.78, 5) is 36.9. The Bertz CT molecular complexity index is 537. The number of nitrogens with two attached hydrogens (primary N) is 1. The number of carbonyl (C=O) groups excluding carboxylic acids is 1. The third-order valence-corrected chi connectivity index (χ3v) is 2.64. The minimum Gasteiger partial charge on any atom is -0.477 e. The van der Waals surface area contributed by atoms with E-state index in [1.165, 1.54) is 12.1 Å². The van der Waals surface area contributed by atoms with Gasteiger partial charge in [-0.25, -0.2) is 4.79 Å². The van der Waals surface area contributed by atoms with E-state index in [9.17, 15) is 14.4 Å². The van der Waals surface area contributed by atoms with Gasteiger partial charge in [0.05, 0.1) is 0 Å². The number of aromatic nitrogens is 1. The third-order valence-electron chi connectivity index (χ3n) is 2.64. The second kappa shape index (κ2) is 4.02. The Balaban J connectivity index is 2.11. The lowest BCUT2D eigenvalue weighted by Crippen LogP contribution is -2.24. The van der Waals surface area contributed by atoms with Crippen molar-refractivity contribution in [3.05, 3.63) is 33.7 Å². The van der Waals surface area contributed by atoms with Crippen molar-refractivity contribution < 1.29 is 14.7 Å². The van der Waals surface area contributed by atoms with Gasteiger partial charge in [-0.2, -0.15) is 0 Å². The number of carboxylic acid groups (broad SMARTS) is 1. The van der Waals surface area contributed by atoms with Crippen LogP contribution >= 0.6 is 0 Å². The van der Waals surface area contributed by atoms with Gasteiger partial charge < -0.3 is 15.8 Å². The van der Waals surface area contributed by atoms with Gasteiger partial charge in [-0.3, -0.25) is 14.5 Å². The highest BCUT2D eigenvalue weighted by molar-refractivity contribution is 5.85. The van der Waals surface area contributed by atoms with Gasteiger partial charge in [0, 0.05) is 18.7 Å². The molecule has 0 aliphatic carbocycles. The van der Waals surface area contributed by atoms with Crippen LogP contribution in [0.5, 0.6) is 0 Å². The average molecular weight is 237 g/mol. The molecule has 0 radical (unpaired) electrons. The zero-order chi connectivity index (χ0) is 12.6. The molecule has 90 valence electrons. The molecule has 0 bridgehead atoms. The summed E-state index contributed by atoms with van der Waals surface area (Å²) in [6, 6.07) is 2.45. The average Bonchev–Trinajstić information content (AvgIpc) is 3.00. The number of carbonyl (C=O) groups is 2. The van der Waals surface area contributed by atoms with Gasteiger partial charge in [-0.05, 0) is 12.1 Å². The SMILES string of the molecule is NC(=O)C1CN1Cc1ccc(C(=O)O)[nH]c1=O. The lowest BCUT2D eigenvalue weighted by atomic mass is 10.2. The highest BCUT2D eigenvalue weighted by Crippen LogP contribution is 2.18. The van der Waals surface area contributed by atoms with Crippen LogP contribution in [0.3, 0.4) is 0 Å². The molecule has 7 heteroatoms. The number of aromatic carboxylic acids is 1. The molecule has 1 aromatic rings. The van der Waals surface area contributed by atoms with Gasteiger partial charge in [0.1, 0.15) is 11.7 Å². The fourth-order valence-electron chi connectivity index (χ4n) is 1.59. The molecule has 17 heavy (non-hydrogen) atoms. The largest absolute Gasteiger partial charge is 0.477 e. The maximum atomic E-state index is 11.5. The number of hydrogen-bond acceptors (Lipinski definition) is 4. The molecule has 0 aromatic carbocycles. The molecule has 2 rings (SSSR count). The normalized spacial score (nSPS) is 22.1. The maximum Gasteiger partial charge on any atom is 0.352 e. The van der Waals surface area contributed by atoms with Crippen LogP contribution in [0.4, 0.5) is 0 Å². The smallest absolute Gasteiger partial charge is 0.352 e. The number of nitrogens with zero attached hydrogens (tertiary/aromatic N) is 1. The fourth-order valence-corrected chi connectivity index (χ4v) is 1.59. The van der Waals surface area contributed by atoms with Crippen LogP contribution < -0.4 is 11.3 Å². The van der Waals surface area contributed by atoms with Gasteiger partial charge >= 0.3 is 5.97 Å². The van der Waals surface area contributed by atoms with Crippen molar-refractivity contribution in [2.24, 2.45) is 5.73 Å².